The molecule has 14 heavy (non-hydrogen) atoms. The van der Waals surface area contributed by atoms with Crippen LogP contribution in [0, 0.1) is 0 Å². The number of hydrogen-bond acceptors (Lipinski definition) is 1. The Hall–Kier alpha value is -1.32. The smallest absolute Gasteiger partial charge is 0.295 e. The summed E-state index contributed by atoms with van der Waals surface area (Å²) in [5, 5.41) is 0. The van der Waals surface area contributed by atoms with Gasteiger partial charge in [-0.25, -0.2) is 0 Å². The molecule has 0 unspecified atom stereocenters. The van der Waals surface area contributed by atoms with Gasteiger partial charge in [0.25, 0.3) is 0 Å². The summed E-state index contributed by atoms with van der Waals surface area (Å²) in [6.45, 7) is 1.26. The summed E-state index contributed by atoms with van der Waals surface area (Å²) in [6, 6.07) is 5.78. The van der Waals surface area contributed by atoms with Crippen LogP contribution < -0.4 is 0 Å². The van der Waals surface area contributed by atoms with E-state index in [0.29, 0.717) is 0 Å². The van der Waals surface area contributed by atoms with Crippen LogP contribution in [-0.2, 0) is 6.42 Å². The highest BCUT2D eigenvalue weighted by Gasteiger charge is 2.29. The van der Waals surface area contributed by atoms with E-state index in [0.717, 1.165) is 0 Å². The molecule has 0 bridgehead atoms. The van der Waals surface area contributed by atoms with Crippen LogP contribution in [0.25, 0.3) is 0 Å². The lowest BCUT2D eigenvalue weighted by molar-refractivity contribution is -0.127. The molecule has 1 aromatic carbocycles. The minimum absolute atomic E-state index is 0.0347. The van der Waals surface area contributed by atoms with Crippen LogP contribution in [0.1, 0.15) is 22.8 Å². The molecule has 0 saturated heterocycles. The van der Waals surface area contributed by atoms with Crippen molar-refractivity contribution in [2.24, 2.45) is 0 Å². The number of alkyl halides is 3. The molecule has 1 aromatic rings. The molecule has 0 aliphatic carbocycles. The van der Waals surface area contributed by atoms with Gasteiger partial charge >= 0.3 is 6.18 Å². The Morgan fingerprint density at radius 3 is 2.36 bits per heavy atom. The van der Waals surface area contributed by atoms with Crippen molar-refractivity contribution >= 4 is 5.78 Å². The van der Waals surface area contributed by atoms with E-state index in [9.17, 15) is 18.0 Å². The van der Waals surface area contributed by atoms with E-state index in [1.807, 2.05) is 0 Å². The third-order valence-corrected chi connectivity index (χ3v) is 1.79. The number of ketones is 1. The highest BCUT2D eigenvalue weighted by molar-refractivity contribution is 5.95. The van der Waals surface area contributed by atoms with E-state index in [4.69, 9.17) is 0 Å². The quantitative estimate of drug-likeness (QED) is 0.674. The third-order valence-electron chi connectivity index (χ3n) is 1.79. The predicted octanol–water partition coefficient (Wildman–Crippen LogP) is 2.99. The van der Waals surface area contributed by atoms with Crippen LogP contribution in [0.4, 0.5) is 13.2 Å². The molecule has 0 heterocycles. The van der Waals surface area contributed by atoms with Crippen LogP contribution in [0.2, 0.25) is 0 Å². The molecule has 1 nitrogen and oxygen atoms in total. The summed E-state index contributed by atoms with van der Waals surface area (Å²) in [5.74, 6) is -0.343. The van der Waals surface area contributed by atoms with Crippen molar-refractivity contribution in [3.63, 3.8) is 0 Å². The second-order valence-electron chi connectivity index (χ2n) is 3.01. The van der Waals surface area contributed by atoms with Crippen molar-refractivity contribution in [2.75, 3.05) is 0 Å². The van der Waals surface area contributed by atoms with Crippen molar-refractivity contribution in [1.29, 1.82) is 0 Å². The van der Waals surface area contributed by atoms with E-state index in [1.54, 1.807) is 6.07 Å². The highest BCUT2D eigenvalue weighted by atomic mass is 19.4. The van der Waals surface area contributed by atoms with Crippen LogP contribution >= 0.6 is 0 Å². The number of rotatable bonds is 2. The summed E-state index contributed by atoms with van der Waals surface area (Å²) in [5.41, 5.74) is 0.178. The molecule has 0 atom stereocenters. The predicted molar refractivity (Wildman–Crippen MR) is 46.2 cm³/mol. The fraction of sp³-hybridized carbons (Fsp3) is 0.300. The van der Waals surface area contributed by atoms with E-state index in [1.165, 1.54) is 25.1 Å². The van der Waals surface area contributed by atoms with Crippen molar-refractivity contribution in [3.05, 3.63) is 35.4 Å². The zero-order chi connectivity index (χ0) is 10.8. The highest BCUT2D eigenvalue weighted by Crippen LogP contribution is 2.23. The van der Waals surface area contributed by atoms with E-state index < -0.39 is 12.6 Å². The fourth-order valence-electron chi connectivity index (χ4n) is 1.23. The lowest BCUT2D eigenvalue weighted by Crippen LogP contribution is -2.14. The zero-order valence-electron chi connectivity index (χ0n) is 7.56. The van der Waals surface area contributed by atoms with Crippen LogP contribution in [0.5, 0.6) is 0 Å². The van der Waals surface area contributed by atoms with Crippen LogP contribution in [-0.4, -0.2) is 12.0 Å². The van der Waals surface area contributed by atoms with Gasteiger partial charge in [0, 0.05) is 5.56 Å². The molecule has 4 heteroatoms. The number of carbonyl (C=O) groups excluding carboxylic acids is 1. The van der Waals surface area contributed by atoms with Crippen molar-refractivity contribution in [3.8, 4) is 0 Å². The first-order valence-electron chi connectivity index (χ1n) is 4.06. The second kappa shape index (κ2) is 3.82. The molecule has 0 aliphatic heterocycles. The normalized spacial score (nSPS) is 11.4. The van der Waals surface area contributed by atoms with Gasteiger partial charge in [-0.2, -0.15) is 13.2 Å². The van der Waals surface area contributed by atoms with E-state index in [2.05, 4.69) is 0 Å². The average molecular weight is 202 g/mol. The minimum atomic E-state index is -4.27. The molecule has 1 rings (SSSR count). The zero-order valence-corrected chi connectivity index (χ0v) is 7.56. The topological polar surface area (TPSA) is 17.1 Å². The lowest BCUT2D eigenvalue weighted by Gasteiger charge is -2.09. The number of Topliss-reactive ketones (excluding diaryl/α,β-unsaturated/α-hetero) is 1. The lowest BCUT2D eigenvalue weighted by atomic mass is 10.0. The molecule has 0 N–H and O–H groups in total. The largest absolute Gasteiger partial charge is 0.393 e. The number of carbonyl (C=O) groups is 1. The van der Waals surface area contributed by atoms with Crippen molar-refractivity contribution < 1.29 is 18.0 Å². The Labute approximate surface area is 79.5 Å². The monoisotopic (exact) mass is 202 g/mol. The van der Waals surface area contributed by atoms with Gasteiger partial charge in [0.1, 0.15) is 0 Å². The molecule has 76 valence electrons. The molecule has 0 spiro atoms. The maximum atomic E-state index is 12.1. The number of hydrogen-bond donors (Lipinski definition) is 0. The van der Waals surface area contributed by atoms with Gasteiger partial charge in [0.05, 0.1) is 6.42 Å². The maximum absolute atomic E-state index is 12.1. The third kappa shape index (κ3) is 2.87. The summed E-state index contributed by atoms with van der Waals surface area (Å²) in [7, 11) is 0. The first kappa shape index (κ1) is 10.8. The Morgan fingerprint density at radius 2 is 1.86 bits per heavy atom. The Balaban J connectivity index is 3.02. The summed E-state index contributed by atoms with van der Waals surface area (Å²) < 4.78 is 36.2. The van der Waals surface area contributed by atoms with Gasteiger partial charge in [0.2, 0.25) is 0 Å². The molecular weight excluding hydrogens is 193 g/mol. The average Bonchev–Trinajstić information content (AvgIpc) is 2.01. The number of halogens is 3. The molecule has 0 aromatic heterocycles. The van der Waals surface area contributed by atoms with Gasteiger partial charge in [-0.15, -0.1) is 0 Å². The summed E-state index contributed by atoms with van der Waals surface area (Å²) in [4.78, 5) is 11.0. The van der Waals surface area contributed by atoms with Gasteiger partial charge < -0.3 is 0 Å². The Kier molecular flexibility index (Phi) is 2.93. The van der Waals surface area contributed by atoms with E-state index >= 15 is 0 Å². The number of benzene rings is 1. The molecule has 0 fully saturated rings. The Morgan fingerprint density at radius 1 is 1.29 bits per heavy atom. The maximum Gasteiger partial charge on any atom is 0.393 e. The summed E-state index contributed by atoms with van der Waals surface area (Å²) >= 11 is 0. The van der Waals surface area contributed by atoms with Gasteiger partial charge in [-0.3, -0.25) is 4.79 Å². The summed E-state index contributed by atoms with van der Waals surface area (Å²) in [6.07, 6.45) is -5.33. The fourth-order valence-corrected chi connectivity index (χ4v) is 1.23. The van der Waals surface area contributed by atoms with Crippen LogP contribution in [0.15, 0.2) is 24.3 Å². The van der Waals surface area contributed by atoms with Gasteiger partial charge in [0.15, 0.2) is 5.78 Å². The SMILES string of the molecule is CC(=O)c1ccccc1CC(F)(F)F. The molecule has 0 aliphatic rings. The minimum Gasteiger partial charge on any atom is -0.295 e. The van der Waals surface area contributed by atoms with Crippen molar-refractivity contribution in [2.45, 2.75) is 19.5 Å². The van der Waals surface area contributed by atoms with Gasteiger partial charge in [-0.1, -0.05) is 24.3 Å². The first-order chi connectivity index (χ1) is 6.40. The Bertz CT molecular complexity index is 341. The molecule has 0 saturated carbocycles. The van der Waals surface area contributed by atoms with E-state index in [-0.39, 0.29) is 16.9 Å². The van der Waals surface area contributed by atoms with Crippen LogP contribution in [0.3, 0.4) is 0 Å². The second-order valence-corrected chi connectivity index (χ2v) is 3.01. The standard InChI is InChI=1S/C10H9F3O/c1-7(14)9-5-3-2-4-8(9)6-10(11,12)13/h2-5H,6H2,1H3. The molecular formula is C10H9F3O. The van der Waals surface area contributed by atoms with Crippen molar-refractivity contribution in [1.82, 2.24) is 0 Å². The first-order valence-corrected chi connectivity index (χ1v) is 4.06. The van der Waals surface area contributed by atoms with Gasteiger partial charge in [-0.05, 0) is 12.5 Å². The molecule has 0 amide bonds. The molecule has 0 radical (unpaired) electrons.